The third kappa shape index (κ3) is 4.38. The third-order valence-corrected chi connectivity index (χ3v) is 6.29. The van der Waals surface area contributed by atoms with E-state index < -0.39 is 5.31 Å². The van der Waals surface area contributed by atoms with Gasteiger partial charge in [-0.25, -0.2) is 4.98 Å². The molecule has 3 heteroatoms. The maximum atomic E-state index is 6.64. The number of aromatic nitrogens is 2. The molecule has 2 nitrogen and oxygen atoms in total. The molecule has 0 spiro atoms. The third-order valence-electron chi connectivity index (χ3n) is 6.29. The second kappa shape index (κ2) is 7.90. The predicted molar refractivity (Wildman–Crippen MR) is 143 cm³/mol. The Kier molecular flexibility index (Phi) is 5.59. The molecule has 0 amide bonds. The molecule has 0 saturated carbocycles. The van der Waals surface area contributed by atoms with E-state index in [0.29, 0.717) is 0 Å². The van der Waals surface area contributed by atoms with Crippen molar-refractivity contribution in [1.82, 2.24) is 9.55 Å². The minimum Gasteiger partial charge on any atom is -0.292 e. The minimum atomic E-state index is -0.433. The zero-order valence-corrected chi connectivity index (χ0v) is 21.3. The standard InChI is InChI=1S/C30H35BN2/c1-28(2,3)22-18-21(30(7,8)31)19-23(29(4,5)6)26(22)33-25-17-13-12-16-24(25)32-27(33)20-14-10-9-11-15-20/h9-19H,1-8H3. The molecule has 1 heterocycles. The lowest BCUT2D eigenvalue weighted by Gasteiger charge is -2.34. The molecule has 1 aromatic heterocycles. The first-order valence-corrected chi connectivity index (χ1v) is 11.8. The Morgan fingerprint density at radius 2 is 1.21 bits per heavy atom. The molecular weight excluding hydrogens is 399 g/mol. The van der Waals surface area contributed by atoms with Gasteiger partial charge in [-0.1, -0.05) is 116 Å². The van der Waals surface area contributed by atoms with Crippen LogP contribution in [0.5, 0.6) is 0 Å². The first-order valence-electron chi connectivity index (χ1n) is 11.8. The van der Waals surface area contributed by atoms with E-state index in [-0.39, 0.29) is 10.8 Å². The summed E-state index contributed by atoms with van der Waals surface area (Å²) in [5.74, 6) is 0.965. The average molecular weight is 434 g/mol. The van der Waals surface area contributed by atoms with E-state index in [1.165, 1.54) is 16.8 Å². The number of hydrogen-bond acceptors (Lipinski definition) is 1. The fourth-order valence-electron chi connectivity index (χ4n) is 4.42. The van der Waals surface area contributed by atoms with Crippen molar-refractivity contribution in [2.75, 3.05) is 0 Å². The van der Waals surface area contributed by atoms with Gasteiger partial charge in [-0.05, 0) is 39.4 Å². The van der Waals surface area contributed by atoms with E-state index in [1.807, 2.05) is 0 Å². The van der Waals surface area contributed by atoms with Gasteiger partial charge in [-0.2, -0.15) is 0 Å². The minimum absolute atomic E-state index is 0.0874. The number of benzene rings is 3. The number of hydrogen-bond donors (Lipinski definition) is 0. The van der Waals surface area contributed by atoms with E-state index >= 15 is 0 Å². The van der Waals surface area contributed by atoms with Crippen LogP contribution in [0.25, 0.3) is 28.1 Å². The van der Waals surface area contributed by atoms with Gasteiger partial charge in [0.2, 0.25) is 0 Å². The van der Waals surface area contributed by atoms with Gasteiger partial charge in [0.15, 0.2) is 0 Å². The molecule has 3 aromatic carbocycles. The molecule has 0 atom stereocenters. The first kappa shape index (κ1) is 23.4. The quantitative estimate of drug-likeness (QED) is 0.302. The van der Waals surface area contributed by atoms with Crippen LogP contribution in [-0.4, -0.2) is 17.4 Å². The monoisotopic (exact) mass is 434 g/mol. The Bertz CT molecular complexity index is 1260. The van der Waals surface area contributed by atoms with Crippen molar-refractivity contribution in [3.8, 4) is 17.1 Å². The van der Waals surface area contributed by atoms with Crippen molar-refractivity contribution in [3.05, 3.63) is 83.4 Å². The number of fused-ring (bicyclic) bond motifs is 1. The summed E-state index contributed by atoms with van der Waals surface area (Å²) in [6.07, 6.45) is 0. The molecule has 4 aromatic rings. The van der Waals surface area contributed by atoms with Gasteiger partial charge in [0.25, 0.3) is 0 Å². The summed E-state index contributed by atoms with van der Waals surface area (Å²) in [6.45, 7) is 17.9. The Morgan fingerprint density at radius 3 is 1.73 bits per heavy atom. The smallest absolute Gasteiger partial charge is 0.145 e. The Labute approximate surface area is 200 Å². The number of para-hydroxylation sites is 2. The molecule has 0 aliphatic heterocycles. The van der Waals surface area contributed by atoms with E-state index in [0.717, 1.165) is 28.0 Å². The molecule has 0 fully saturated rings. The lowest BCUT2D eigenvalue weighted by molar-refractivity contribution is 0.558. The van der Waals surface area contributed by atoms with Crippen LogP contribution < -0.4 is 0 Å². The highest BCUT2D eigenvalue weighted by atomic mass is 15.1. The van der Waals surface area contributed by atoms with Crippen LogP contribution >= 0.6 is 0 Å². The van der Waals surface area contributed by atoms with Gasteiger partial charge in [0, 0.05) is 5.56 Å². The van der Waals surface area contributed by atoms with Gasteiger partial charge in [-0.15, -0.1) is 0 Å². The van der Waals surface area contributed by atoms with Gasteiger partial charge in [0.1, 0.15) is 5.82 Å². The molecule has 33 heavy (non-hydrogen) atoms. The Hall–Kier alpha value is -2.81. The van der Waals surface area contributed by atoms with E-state index in [4.69, 9.17) is 12.8 Å². The fourth-order valence-corrected chi connectivity index (χ4v) is 4.42. The predicted octanol–water partition coefficient (Wildman–Crippen LogP) is 7.69. The van der Waals surface area contributed by atoms with Crippen LogP contribution in [0.1, 0.15) is 72.1 Å². The highest BCUT2D eigenvalue weighted by Crippen LogP contribution is 2.42. The topological polar surface area (TPSA) is 17.8 Å². The van der Waals surface area contributed by atoms with Crippen molar-refractivity contribution >= 4 is 18.9 Å². The fraction of sp³-hybridized carbons (Fsp3) is 0.367. The summed E-state index contributed by atoms with van der Waals surface area (Å²) in [7, 11) is 6.64. The zero-order chi connectivity index (χ0) is 24.2. The van der Waals surface area contributed by atoms with Gasteiger partial charge < -0.3 is 0 Å². The lowest BCUT2D eigenvalue weighted by Crippen LogP contribution is -2.26. The summed E-state index contributed by atoms with van der Waals surface area (Å²) in [5, 5.41) is -0.433. The SMILES string of the molecule is [B]C(C)(C)c1cc(C(C)(C)C)c(-n2c(-c3ccccc3)nc3ccccc32)c(C(C)(C)C)c1. The van der Waals surface area contributed by atoms with Crippen LogP contribution in [0.3, 0.4) is 0 Å². The maximum Gasteiger partial charge on any atom is 0.145 e. The molecule has 0 unspecified atom stereocenters. The van der Waals surface area contributed by atoms with Crippen molar-refractivity contribution in [3.63, 3.8) is 0 Å². The van der Waals surface area contributed by atoms with E-state index in [2.05, 4.69) is 127 Å². The molecule has 2 radical (unpaired) electrons. The van der Waals surface area contributed by atoms with Gasteiger partial charge in [0.05, 0.1) is 24.6 Å². The van der Waals surface area contributed by atoms with Crippen LogP contribution in [0.2, 0.25) is 0 Å². The zero-order valence-electron chi connectivity index (χ0n) is 21.3. The second-order valence-corrected chi connectivity index (χ2v) is 11.8. The summed E-state index contributed by atoms with van der Waals surface area (Å²) >= 11 is 0. The maximum absolute atomic E-state index is 6.64. The largest absolute Gasteiger partial charge is 0.292 e. The lowest BCUT2D eigenvalue weighted by atomic mass is 9.65. The van der Waals surface area contributed by atoms with Crippen LogP contribution in [0, 0.1) is 0 Å². The van der Waals surface area contributed by atoms with E-state index in [1.54, 1.807) is 0 Å². The summed E-state index contributed by atoms with van der Waals surface area (Å²) in [4.78, 5) is 5.12. The number of imidazole rings is 1. The van der Waals surface area contributed by atoms with Crippen molar-refractivity contribution in [2.24, 2.45) is 0 Å². The summed E-state index contributed by atoms with van der Waals surface area (Å²) < 4.78 is 2.37. The Morgan fingerprint density at radius 1 is 0.697 bits per heavy atom. The summed E-state index contributed by atoms with van der Waals surface area (Å²) in [5.41, 5.74) is 7.99. The molecule has 168 valence electrons. The van der Waals surface area contributed by atoms with Gasteiger partial charge >= 0.3 is 0 Å². The number of rotatable bonds is 3. The Balaban J connectivity index is 2.23. The second-order valence-electron chi connectivity index (χ2n) is 11.8. The van der Waals surface area contributed by atoms with Crippen LogP contribution in [0.15, 0.2) is 66.7 Å². The van der Waals surface area contributed by atoms with Crippen LogP contribution in [-0.2, 0) is 16.1 Å². The molecule has 0 bridgehead atoms. The van der Waals surface area contributed by atoms with Gasteiger partial charge in [-0.3, -0.25) is 4.57 Å². The molecule has 0 aliphatic rings. The molecular formula is C30H35BN2. The highest BCUT2D eigenvalue weighted by Gasteiger charge is 2.31. The summed E-state index contributed by atoms with van der Waals surface area (Å²) in [6, 6.07) is 23.5. The molecule has 0 saturated heterocycles. The average Bonchev–Trinajstić information content (AvgIpc) is 3.11. The molecule has 0 N–H and O–H groups in total. The number of nitrogens with zero attached hydrogens (tertiary/aromatic N) is 2. The molecule has 0 aliphatic carbocycles. The van der Waals surface area contributed by atoms with Crippen molar-refractivity contribution in [2.45, 2.75) is 71.5 Å². The van der Waals surface area contributed by atoms with Crippen molar-refractivity contribution < 1.29 is 0 Å². The van der Waals surface area contributed by atoms with E-state index in [9.17, 15) is 0 Å². The highest BCUT2D eigenvalue weighted by molar-refractivity contribution is 6.15. The van der Waals surface area contributed by atoms with Crippen molar-refractivity contribution in [1.29, 1.82) is 0 Å². The normalized spacial score (nSPS) is 13.0. The first-order chi connectivity index (χ1) is 15.3. The molecule has 4 rings (SSSR count). The van der Waals surface area contributed by atoms with Crippen LogP contribution in [0.4, 0.5) is 0 Å².